The minimum absolute atomic E-state index is 0.332. The molecule has 1 atom stereocenters. The van der Waals surface area contributed by atoms with Crippen LogP contribution in [0.15, 0.2) is 0 Å². The van der Waals surface area contributed by atoms with E-state index in [0.29, 0.717) is 23.1 Å². The molecule has 0 saturated carbocycles. The Morgan fingerprint density at radius 1 is 1.19 bits per heavy atom. The van der Waals surface area contributed by atoms with Gasteiger partial charge in [-0.2, -0.15) is 4.98 Å². The number of nitrogens with zero attached hydrogens (tertiary/aromatic N) is 2. The van der Waals surface area contributed by atoms with Crippen LogP contribution in [-0.2, 0) is 12.8 Å². The molecule has 0 saturated heterocycles. The Kier molecular flexibility index (Phi) is 3.51. The van der Waals surface area contributed by atoms with Crippen LogP contribution < -0.4 is 22.5 Å². The summed E-state index contributed by atoms with van der Waals surface area (Å²) in [6, 6.07) is 0. The summed E-state index contributed by atoms with van der Waals surface area (Å²) in [6.45, 7) is 6.96. The number of nitrogens with two attached hydrogens (primary N) is 2. The van der Waals surface area contributed by atoms with E-state index in [9.17, 15) is 0 Å². The molecule has 0 spiro atoms. The second kappa shape index (κ2) is 5.08. The highest BCUT2D eigenvalue weighted by molar-refractivity contribution is 7.19. The van der Waals surface area contributed by atoms with Crippen molar-refractivity contribution in [2.24, 2.45) is 23.0 Å². The smallest absolute Gasteiger partial charge is 0.240 e. The van der Waals surface area contributed by atoms with E-state index in [4.69, 9.17) is 11.7 Å². The van der Waals surface area contributed by atoms with E-state index in [2.05, 4.69) is 41.6 Å². The van der Waals surface area contributed by atoms with Crippen molar-refractivity contribution in [3.8, 4) is 0 Å². The maximum Gasteiger partial charge on any atom is 0.240 e. The number of rotatable bonds is 2. The van der Waals surface area contributed by atoms with Crippen LogP contribution in [0.2, 0.25) is 0 Å². The number of thiophene rings is 1. The van der Waals surface area contributed by atoms with E-state index in [1.807, 2.05) is 0 Å². The van der Waals surface area contributed by atoms with Crippen LogP contribution >= 0.6 is 11.3 Å². The Morgan fingerprint density at radius 2 is 1.95 bits per heavy atom. The Bertz CT molecular complexity index is 672. The van der Waals surface area contributed by atoms with Gasteiger partial charge in [0.1, 0.15) is 4.83 Å². The van der Waals surface area contributed by atoms with E-state index in [0.717, 1.165) is 23.1 Å². The molecule has 1 aliphatic carbocycles. The molecular weight excluding hydrogens is 284 g/mol. The maximum absolute atomic E-state index is 5.62. The standard InChI is InChI=1S/C14H22N6S/c1-14(2,3)7-4-5-8-9(6-7)21-12-10(8)11(19-15)17-13(18-12)20-16/h7H,4-6,15-16H2,1-3H3,(H2,17,18,19,20)/t7-/m1/s1. The Morgan fingerprint density at radius 3 is 2.57 bits per heavy atom. The van der Waals surface area contributed by atoms with Gasteiger partial charge in [-0.05, 0) is 36.2 Å². The Balaban J connectivity index is 2.11. The van der Waals surface area contributed by atoms with Crippen LogP contribution in [0.4, 0.5) is 11.8 Å². The van der Waals surface area contributed by atoms with E-state index in [1.165, 1.54) is 16.9 Å². The van der Waals surface area contributed by atoms with Crippen molar-refractivity contribution < 1.29 is 0 Å². The first-order valence-corrected chi connectivity index (χ1v) is 8.01. The third-order valence-corrected chi connectivity index (χ3v) is 5.55. The van der Waals surface area contributed by atoms with E-state index < -0.39 is 0 Å². The van der Waals surface area contributed by atoms with Gasteiger partial charge in [-0.3, -0.25) is 5.43 Å². The van der Waals surface area contributed by atoms with Crippen LogP contribution in [0.5, 0.6) is 0 Å². The van der Waals surface area contributed by atoms with Crippen molar-refractivity contribution in [1.29, 1.82) is 0 Å². The summed E-state index contributed by atoms with van der Waals surface area (Å²) in [4.78, 5) is 11.1. The summed E-state index contributed by atoms with van der Waals surface area (Å²) < 4.78 is 0. The van der Waals surface area contributed by atoms with E-state index >= 15 is 0 Å². The number of hydrazine groups is 2. The molecule has 0 amide bonds. The Labute approximate surface area is 128 Å². The van der Waals surface area contributed by atoms with Crippen molar-refractivity contribution >= 4 is 33.3 Å². The number of aromatic nitrogens is 2. The van der Waals surface area contributed by atoms with Crippen molar-refractivity contribution in [2.75, 3.05) is 10.9 Å². The molecule has 1 aliphatic rings. The van der Waals surface area contributed by atoms with Crippen LogP contribution in [0, 0.1) is 11.3 Å². The number of nitrogen functional groups attached to an aromatic ring is 2. The van der Waals surface area contributed by atoms with Gasteiger partial charge in [0.05, 0.1) is 5.39 Å². The largest absolute Gasteiger partial charge is 0.308 e. The molecule has 114 valence electrons. The summed E-state index contributed by atoms with van der Waals surface area (Å²) in [5, 5.41) is 1.06. The number of nitrogens with one attached hydrogen (secondary N) is 2. The predicted molar refractivity (Wildman–Crippen MR) is 88.0 cm³/mol. The lowest BCUT2D eigenvalue weighted by Gasteiger charge is -2.33. The summed E-state index contributed by atoms with van der Waals surface area (Å²) in [6.07, 6.45) is 3.36. The lowest BCUT2D eigenvalue weighted by Crippen LogP contribution is -2.26. The van der Waals surface area contributed by atoms with Crippen molar-refractivity contribution in [1.82, 2.24) is 9.97 Å². The SMILES string of the molecule is CC(C)(C)[C@@H]1CCc2c(sc3nc(NN)nc(NN)c23)C1. The molecule has 0 aromatic carbocycles. The van der Waals surface area contributed by atoms with Gasteiger partial charge in [-0.15, -0.1) is 11.3 Å². The van der Waals surface area contributed by atoms with E-state index in [1.54, 1.807) is 11.3 Å². The fraction of sp³-hybridized carbons (Fsp3) is 0.571. The molecule has 0 radical (unpaired) electrons. The van der Waals surface area contributed by atoms with Gasteiger partial charge >= 0.3 is 0 Å². The molecule has 0 aliphatic heterocycles. The number of anilines is 2. The fourth-order valence-corrected chi connectivity index (χ4v) is 4.38. The minimum Gasteiger partial charge on any atom is -0.308 e. The van der Waals surface area contributed by atoms with Crippen LogP contribution in [-0.4, -0.2) is 9.97 Å². The summed E-state index contributed by atoms with van der Waals surface area (Å²) in [5.74, 6) is 12.8. The first-order valence-electron chi connectivity index (χ1n) is 7.19. The molecule has 6 N–H and O–H groups in total. The third kappa shape index (κ3) is 2.45. The van der Waals surface area contributed by atoms with Crippen LogP contribution in [0.3, 0.4) is 0 Å². The second-order valence-corrected chi connectivity index (χ2v) is 7.76. The monoisotopic (exact) mass is 306 g/mol. The van der Waals surface area contributed by atoms with Crippen molar-refractivity contribution in [3.05, 3.63) is 10.4 Å². The molecule has 0 bridgehead atoms. The zero-order valence-electron chi connectivity index (χ0n) is 12.7. The van der Waals surface area contributed by atoms with Crippen molar-refractivity contribution in [2.45, 2.75) is 40.0 Å². The average Bonchev–Trinajstić information content (AvgIpc) is 2.82. The molecule has 7 heteroatoms. The molecule has 2 aromatic rings. The molecule has 2 heterocycles. The summed E-state index contributed by atoms with van der Waals surface area (Å²) in [5.41, 5.74) is 6.86. The Hall–Kier alpha value is -1.44. The zero-order valence-corrected chi connectivity index (χ0v) is 13.5. The highest BCUT2D eigenvalue weighted by atomic mass is 32.1. The van der Waals surface area contributed by atoms with Crippen LogP contribution in [0.25, 0.3) is 10.2 Å². The lowest BCUT2D eigenvalue weighted by atomic mass is 9.72. The molecule has 21 heavy (non-hydrogen) atoms. The normalized spacial score (nSPS) is 18.6. The average molecular weight is 306 g/mol. The minimum atomic E-state index is 0.332. The quantitative estimate of drug-likeness (QED) is 0.502. The highest BCUT2D eigenvalue weighted by Crippen LogP contribution is 2.44. The zero-order chi connectivity index (χ0) is 15.2. The predicted octanol–water partition coefficient (Wildman–Crippen LogP) is 2.41. The third-order valence-electron chi connectivity index (χ3n) is 4.40. The number of hydrogen-bond donors (Lipinski definition) is 4. The first-order chi connectivity index (χ1) is 9.94. The first kappa shape index (κ1) is 14.5. The van der Waals surface area contributed by atoms with Crippen molar-refractivity contribution in [3.63, 3.8) is 0 Å². The highest BCUT2D eigenvalue weighted by Gasteiger charge is 2.31. The van der Waals surface area contributed by atoms with Gasteiger partial charge in [0.25, 0.3) is 0 Å². The maximum atomic E-state index is 5.62. The van der Waals surface area contributed by atoms with E-state index in [-0.39, 0.29) is 0 Å². The molecule has 2 aromatic heterocycles. The second-order valence-electron chi connectivity index (χ2n) is 6.67. The molecule has 3 rings (SSSR count). The van der Waals surface area contributed by atoms with Gasteiger partial charge in [-0.25, -0.2) is 16.7 Å². The topological polar surface area (TPSA) is 102 Å². The summed E-state index contributed by atoms with van der Waals surface area (Å²) >= 11 is 1.74. The summed E-state index contributed by atoms with van der Waals surface area (Å²) in [7, 11) is 0. The number of aryl methyl sites for hydroxylation is 1. The molecule has 0 fully saturated rings. The van der Waals surface area contributed by atoms with Gasteiger partial charge in [0.2, 0.25) is 5.95 Å². The van der Waals surface area contributed by atoms with Gasteiger partial charge in [-0.1, -0.05) is 20.8 Å². The van der Waals surface area contributed by atoms with Crippen LogP contribution in [0.1, 0.15) is 37.6 Å². The fourth-order valence-electron chi connectivity index (χ4n) is 3.09. The van der Waals surface area contributed by atoms with Gasteiger partial charge in [0, 0.05) is 4.88 Å². The molecular formula is C14H22N6S. The van der Waals surface area contributed by atoms with Gasteiger partial charge < -0.3 is 5.43 Å². The lowest BCUT2D eigenvalue weighted by molar-refractivity contribution is 0.218. The number of fused-ring (bicyclic) bond motifs is 3. The molecule has 0 unspecified atom stereocenters. The number of hydrogen-bond acceptors (Lipinski definition) is 7. The molecule has 6 nitrogen and oxygen atoms in total. The van der Waals surface area contributed by atoms with Gasteiger partial charge in [0.15, 0.2) is 5.82 Å².